The molecule has 3 aromatic carbocycles. The van der Waals surface area contributed by atoms with E-state index in [-0.39, 0.29) is 5.91 Å². The van der Waals surface area contributed by atoms with Crippen molar-refractivity contribution < 1.29 is 27.4 Å². The highest BCUT2D eigenvalue weighted by Gasteiger charge is 2.29. The number of likely N-dealkylation sites (N-methyl/N-ethyl adjacent to an activating group) is 1. The highest BCUT2D eigenvalue weighted by atomic mass is 19.4. The van der Waals surface area contributed by atoms with Crippen molar-refractivity contribution in [3.63, 3.8) is 0 Å². The number of anilines is 1. The van der Waals surface area contributed by atoms with Crippen LogP contribution < -0.4 is 14.8 Å². The minimum Gasteiger partial charge on any atom is -0.493 e. The maximum Gasteiger partial charge on any atom is 0.416 e. The lowest BCUT2D eigenvalue weighted by Gasteiger charge is -2.19. The second-order valence-electron chi connectivity index (χ2n) is 7.85. The number of rotatable bonds is 10. The van der Waals surface area contributed by atoms with Crippen molar-refractivity contribution in [2.45, 2.75) is 20.0 Å². The van der Waals surface area contributed by atoms with E-state index in [4.69, 9.17) is 9.47 Å². The summed E-state index contributed by atoms with van der Waals surface area (Å²) in [5.41, 5.74) is 1.61. The van der Waals surface area contributed by atoms with Crippen LogP contribution in [0.3, 0.4) is 0 Å². The van der Waals surface area contributed by atoms with Gasteiger partial charge in [0.2, 0.25) is 0 Å². The summed E-state index contributed by atoms with van der Waals surface area (Å²) in [6.45, 7) is 7.43. The molecule has 0 heterocycles. The van der Waals surface area contributed by atoms with Gasteiger partial charge in [-0.3, -0.25) is 4.79 Å². The monoisotopic (exact) mass is 486 g/mol. The summed E-state index contributed by atoms with van der Waals surface area (Å²) in [5, 5.41) is 2.83. The Bertz CT molecular complexity index is 1110. The molecule has 5 nitrogen and oxygen atoms in total. The number of alkyl halides is 3. The van der Waals surface area contributed by atoms with Gasteiger partial charge in [-0.15, -0.1) is 0 Å². The molecule has 0 atom stereocenters. The van der Waals surface area contributed by atoms with E-state index >= 15 is 0 Å². The van der Waals surface area contributed by atoms with Gasteiger partial charge in [-0.1, -0.05) is 38.1 Å². The number of amides is 1. The van der Waals surface area contributed by atoms with Gasteiger partial charge in [-0.25, -0.2) is 0 Å². The Kier molecular flexibility index (Phi) is 8.76. The lowest BCUT2D eigenvalue weighted by Crippen LogP contribution is -2.27. The predicted molar refractivity (Wildman–Crippen MR) is 131 cm³/mol. The molecule has 0 bridgehead atoms. The van der Waals surface area contributed by atoms with Gasteiger partial charge >= 0.3 is 6.18 Å². The molecule has 8 heteroatoms. The third kappa shape index (κ3) is 6.99. The van der Waals surface area contributed by atoms with E-state index in [1.807, 2.05) is 0 Å². The van der Waals surface area contributed by atoms with Crippen LogP contribution in [0.4, 0.5) is 18.9 Å². The molecule has 0 fully saturated rings. The van der Waals surface area contributed by atoms with Crippen molar-refractivity contribution in [2.24, 2.45) is 0 Å². The summed E-state index contributed by atoms with van der Waals surface area (Å²) in [6, 6.07) is 16.8. The average molecular weight is 487 g/mol. The number of benzene rings is 3. The van der Waals surface area contributed by atoms with Crippen molar-refractivity contribution in [1.29, 1.82) is 0 Å². The Labute approximate surface area is 203 Å². The fourth-order valence-corrected chi connectivity index (χ4v) is 3.56. The molecule has 0 aliphatic heterocycles. The lowest BCUT2D eigenvalue weighted by molar-refractivity contribution is -0.137. The molecule has 1 amide bonds. The van der Waals surface area contributed by atoms with Crippen molar-refractivity contribution >= 4 is 11.6 Å². The quantitative estimate of drug-likeness (QED) is 0.363. The molecule has 186 valence electrons. The number of nitrogens with one attached hydrogen (secondary N) is 1. The number of carbonyl (C=O) groups excluding carboxylic acids is 1. The zero-order valence-corrected chi connectivity index (χ0v) is 20.0. The summed E-state index contributed by atoms with van der Waals surface area (Å²) < 4.78 is 49.6. The Balaban J connectivity index is 1.64. The van der Waals surface area contributed by atoms with Crippen molar-refractivity contribution in [1.82, 2.24) is 4.90 Å². The number of halogens is 3. The molecule has 0 aromatic heterocycles. The van der Waals surface area contributed by atoms with Crippen molar-refractivity contribution in [3.05, 3.63) is 77.9 Å². The van der Waals surface area contributed by atoms with Gasteiger partial charge in [-0.2, -0.15) is 13.2 Å². The first-order valence-electron chi connectivity index (χ1n) is 11.4. The third-order valence-electron chi connectivity index (χ3n) is 5.67. The SMILES string of the molecule is CCN(CC)CCOc1ccc(NC(=O)c2ccc(-c3ccc(C(F)(F)F)cc3)cc2)cc1OC. The van der Waals surface area contributed by atoms with Gasteiger partial charge in [-0.05, 0) is 60.6 Å². The first-order chi connectivity index (χ1) is 16.7. The molecule has 1 N–H and O–H groups in total. The van der Waals surface area contributed by atoms with E-state index in [0.717, 1.165) is 31.8 Å². The van der Waals surface area contributed by atoms with Gasteiger partial charge in [0.1, 0.15) is 6.61 Å². The number of ether oxygens (including phenoxy) is 2. The second-order valence-corrected chi connectivity index (χ2v) is 7.85. The predicted octanol–water partition coefficient (Wildman–Crippen LogP) is 6.35. The number of carbonyl (C=O) groups is 1. The smallest absolute Gasteiger partial charge is 0.416 e. The molecule has 3 rings (SSSR count). The van der Waals surface area contributed by atoms with Gasteiger partial charge in [0, 0.05) is 23.9 Å². The van der Waals surface area contributed by atoms with E-state index in [9.17, 15) is 18.0 Å². The number of nitrogens with zero attached hydrogens (tertiary/aromatic N) is 1. The fourth-order valence-electron chi connectivity index (χ4n) is 3.56. The Hall–Kier alpha value is -3.52. The van der Waals surface area contributed by atoms with Crippen LogP contribution >= 0.6 is 0 Å². The summed E-state index contributed by atoms with van der Waals surface area (Å²) in [6.07, 6.45) is -4.38. The van der Waals surface area contributed by atoms with Gasteiger partial charge in [0.15, 0.2) is 11.5 Å². The minimum atomic E-state index is -4.38. The molecule has 0 radical (unpaired) electrons. The molecule has 35 heavy (non-hydrogen) atoms. The Morgan fingerprint density at radius 2 is 1.49 bits per heavy atom. The summed E-state index contributed by atoms with van der Waals surface area (Å²) in [7, 11) is 1.54. The van der Waals surface area contributed by atoms with Crippen LogP contribution in [0.25, 0.3) is 11.1 Å². The largest absolute Gasteiger partial charge is 0.493 e. The van der Waals surface area contributed by atoms with E-state index in [2.05, 4.69) is 24.1 Å². The zero-order chi connectivity index (χ0) is 25.4. The number of hydrogen-bond acceptors (Lipinski definition) is 4. The standard InChI is InChI=1S/C27H29F3N2O3/c1-4-32(5-2)16-17-35-24-15-14-23(18-25(24)34-3)31-26(33)21-8-6-19(7-9-21)20-10-12-22(13-11-20)27(28,29)30/h6-15,18H,4-5,16-17H2,1-3H3,(H,31,33). The highest BCUT2D eigenvalue weighted by molar-refractivity contribution is 6.04. The Morgan fingerprint density at radius 3 is 2.03 bits per heavy atom. The molecule has 3 aromatic rings. The number of hydrogen-bond donors (Lipinski definition) is 1. The summed E-state index contributed by atoms with van der Waals surface area (Å²) in [4.78, 5) is 15.0. The molecular formula is C27H29F3N2O3. The van der Waals surface area contributed by atoms with Gasteiger partial charge in [0.25, 0.3) is 5.91 Å². The molecule has 0 saturated carbocycles. The Morgan fingerprint density at radius 1 is 0.886 bits per heavy atom. The molecule has 0 spiro atoms. The minimum absolute atomic E-state index is 0.318. The third-order valence-corrected chi connectivity index (χ3v) is 5.67. The van der Waals surface area contributed by atoms with E-state index in [1.54, 1.807) is 42.5 Å². The molecule has 0 saturated heterocycles. The summed E-state index contributed by atoms with van der Waals surface area (Å²) >= 11 is 0. The first-order valence-corrected chi connectivity index (χ1v) is 11.4. The van der Waals surface area contributed by atoms with Crippen LogP contribution in [-0.2, 0) is 6.18 Å². The highest BCUT2D eigenvalue weighted by Crippen LogP contribution is 2.32. The molecule has 0 aliphatic carbocycles. The van der Waals surface area contributed by atoms with Crippen LogP contribution in [0.2, 0.25) is 0 Å². The van der Waals surface area contributed by atoms with E-state index in [0.29, 0.717) is 40.5 Å². The second kappa shape index (κ2) is 11.8. The number of methoxy groups -OCH3 is 1. The lowest BCUT2D eigenvalue weighted by atomic mass is 10.0. The van der Waals surface area contributed by atoms with Gasteiger partial charge < -0.3 is 19.7 Å². The van der Waals surface area contributed by atoms with Crippen LogP contribution in [0.15, 0.2) is 66.7 Å². The van der Waals surface area contributed by atoms with Gasteiger partial charge in [0.05, 0.1) is 12.7 Å². The van der Waals surface area contributed by atoms with Crippen molar-refractivity contribution in [2.75, 3.05) is 38.7 Å². The average Bonchev–Trinajstić information content (AvgIpc) is 2.87. The molecular weight excluding hydrogens is 457 g/mol. The zero-order valence-electron chi connectivity index (χ0n) is 20.0. The van der Waals surface area contributed by atoms with Crippen LogP contribution in [0.1, 0.15) is 29.8 Å². The van der Waals surface area contributed by atoms with Crippen LogP contribution in [0, 0.1) is 0 Å². The maximum atomic E-state index is 12.8. The first kappa shape index (κ1) is 26.1. The summed E-state index contributed by atoms with van der Waals surface area (Å²) in [5.74, 6) is 0.791. The fraction of sp³-hybridized carbons (Fsp3) is 0.296. The van der Waals surface area contributed by atoms with E-state index in [1.165, 1.54) is 19.2 Å². The van der Waals surface area contributed by atoms with Crippen molar-refractivity contribution in [3.8, 4) is 22.6 Å². The van der Waals surface area contributed by atoms with Crippen LogP contribution in [0.5, 0.6) is 11.5 Å². The molecule has 0 aliphatic rings. The molecule has 0 unspecified atom stereocenters. The maximum absolute atomic E-state index is 12.8. The van der Waals surface area contributed by atoms with E-state index < -0.39 is 11.7 Å². The van der Waals surface area contributed by atoms with Crippen LogP contribution in [-0.4, -0.2) is 44.2 Å². The normalized spacial score (nSPS) is 11.4. The topological polar surface area (TPSA) is 50.8 Å².